The average molecular weight is 318 g/mol. The maximum atomic E-state index is 12.4. The van der Waals surface area contributed by atoms with Gasteiger partial charge in [-0.2, -0.15) is 11.8 Å². The Bertz CT molecular complexity index is 703. The predicted molar refractivity (Wildman–Crippen MR) is 90.2 cm³/mol. The second-order valence-electron chi connectivity index (χ2n) is 4.93. The topological polar surface area (TPSA) is 92.4 Å². The zero-order chi connectivity index (χ0) is 16.1. The van der Waals surface area contributed by atoms with Crippen molar-refractivity contribution >= 4 is 40.1 Å². The molecule has 0 saturated heterocycles. The third-order valence-corrected chi connectivity index (χ3v) is 4.01. The van der Waals surface area contributed by atoms with Gasteiger partial charge in [0.2, 0.25) is 0 Å². The molecule has 2 aromatic rings. The quantitative estimate of drug-likeness (QED) is 0.711. The number of nitrogen functional groups attached to an aromatic ring is 1. The number of thioether (sulfide) groups is 1. The molecule has 1 amide bonds. The Kier molecular flexibility index (Phi) is 5.27. The number of carbonyl (C=O) groups excluding carboxylic acids is 1. The second-order valence-corrected chi connectivity index (χ2v) is 5.92. The Hall–Kier alpha value is -2.21. The molecule has 0 fully saturated rings. The van der Waals surface area contributed by atoms with Crippen LogP contribution in [-0.4, -0.2) is 35.0 Å². The van der Waals surface area contributed by atoms with Gasteiger partial charge in [0.05, 0.1) is 0 Å². The summed E-state index contributed by atoms with van der Waals surface area (Å²) in [4.78, 5) is 23.6. The maximum absolute atomic E-state index is 12.4. The number of benzene rings is 2. The fourth-order valence-electron chi connectivity index (χ4n) is 2.23. The van der Waals surface area contributed by atoms with E-state index < -0.39 is 12.0 Å². The van der Waals surface area contributed by atoms with Gasteiger partial charge >= 0.3 is 5.97 Å². The summed E-state index contributed by atoms with van der Waals surface area (Å²) in [6.45, 7) is 0. The number of carboxylic acid groups (broad SMARTS) is 1. The first-order chi connectivity index (χ1) is 10.5. The summed E-state index contributed by atoms with van der Waals surface area (Å²) in [5, 5.41) is 13.4. The fraction of sp³-hybridized carbons (Fsp3) is 0.250. The zero-order valence-corrected chi connectivity index (χ0v) is 13.0. The normalized spacial score (nSPS) is 12.0. The van der Waals surface area contributed by atoms with Crippen molar-refractivity contribution in [3.8, 4) is 0 Å². The van der Waals surface area contributed by atoms with Crippen LogP contribution in [0, 0.1) is 0 Å². The molecule has 0 aliphatic rings. The summed E-state index contributed by atoms with van der Waals surface area (Å²) < 4.78 is 0. The molecule has 0 spiro atoms. The van der Waals surface area contributed by atoms with Gasteiger partial charge in [-0.3, -0.25) is 4.79 Å². The molecule has 116 valence electrons. The number of fused-ring (bicyclic) bond motifs is 1. The average Bonchev–Trinajstić information content (AvgIpc) is 2.49. The van der Waals surface area contributed by atoms with Crippen molar-refractivity contribution in [2.24, 2.45) is 0 Å². The second kappa shape index (κ2) is 7.17. The first-order valence-electron chi connectivity index (χ1n) is 6.84. The number of nitrogens with one attached hydrogen (secondary N) is 1. The van der Waals surface area contributed by atoms with E-state index in [2.05, 4.69) is 5.32 Å². The monoisotopic (exact) mass is 318 g/mol. The molecule has 0 aliphatic carbocycles. The third-order valence-electron chi connectivity index (χ3n) is 3.36. The molecule has 22 heavy (non-hydrogen) atoms. The summed E-state index contributed by atoms with van der Waals surface area (Å²) >= 11 is 1.55. The summed E-state index contributed by atoms with van der Waals surface area (Å²) in [5.74, 6) is -0.737. The number of hydrogen-bond acceptors (Lipinski definition) is 4. The number of hydrogen-bond donors (Lipinski definition) is 3. The van der Waals surface area contributed by atoms with Crippen LogP contribution in [-0.2, 0) is 4.79 Å². The van der Waals surface area contributed by atoms with Crippen LogP contribution in [0.4, 0.5) is 5.69 Å². The lowest BCUT2D eigenvalue weighted by molar-refractivity contribution is -0.139. The van der Waals surface area contributed by atoms with E-state index in [1.54, 1.807) is 42.1 Å². The van der Waals surface area contributed by atoms with Gasteiger partial charge in [-0.1, -0.05) is 18.2 Å². The van der Waals surface area contributed by atoms with Crippen molar-refractivity contribution in [3.05, 3.63) is 42.0 Å². The van der Waals surface area contributed by atoms with Crippen molar-refractivity contribution in [1.82, 2.24) is 5.32 Å². The largest absolute Gasteiger partial charge is 0.480 e. The number of anilines is 1. The first-order valence-corrected chi connectivity index (χ1v) is 8.23. The van der Waals surface area contributed by atoms with Crippen molar-refractivity contribution in [2.75, 3.05) is 17.7 Å². The molecule has 2 aromatic carbocycles. The van der Waals surface area contributed by atoms with Gasteiger partial charge < -0.3 is 16.2 Å². The minimum atomic E-state index is -1.02. The highest BCUT2D eigenvalue weighted by Gasteiger charge is 2.21. The van der Waals surface area contributed by atoms with E-state index in [-0.39, 0.29) is 5.91 Å². The number of nitrogens with two attached hydrogens (primary N) is 1. The van der Waals surface area contributed by atoms with Crippen molar-refractivity contribution in [2.45, 2.75) is 12.5 Å². The lowest BCUT2D eigenvalue weighted by Gasteiger charge is -2.15. The van der Waals surface area contributed by atoms with Crippen LogP contribution in [0.5, 0.6) is 0 Å². The van der Waals surface area contributed by atoms with E-state index in [1.165, 1.54) is 0 Å². The van der Waals surface area contributed by atoms with Crippen molar-refractivity contribution in [1.29, 1.82) is 0 Å². The van der Waals surface area contributed by atoms with E-state index in [4.69, 9.17) is 5.73 Å². The van der Waals surface area contributed by atoms with Gasteiger partial charge in [-0.05, 0) is 47.4 Å². The molecule has 0 radical (unpaired) electrons. The molecule has 0 bridgehead atoms. The van der Waals surface area contributed by atoms with E-state index in [1.807, 2.05) is 12.3 Å². The van der Waals surface area contributed by atoms with Crippen LogP contribution in [0.1, 0.15) is 16.8 Å². The van der Waals surface area contributed by atoms with E-state index in [0.29, 0.717) is 23.4 Å². The highest BCUT2D eigenvalue weighted by molar-refractivity contribution is 7.98. The summed E-state index contributed by atoms with van der Waals surface area (Å²) in [6.07, 6.45) is 2.29. The Morgan fingerprint density at radius 3 is 2.77 bits per heavy atom. The molecule has 6 heteroatoms. The van der Waals surface area contributed by atoms with Gasteiger partial charge in [-0.15, -0.1) is 0 Å². The molecule has 1 atom stereocenters. The molecule has 2 rings (SSSR count). The highest BCUT2D eigenvalue weighted by atomic mass is 32.2. The Morgan fingerprint density at radius 1 is 1.32 bits per heavy atom. The smallest absolute Gasteiger partial charge is 0.326 e. The maximum Gasteiger partial charge on any atom is 0.326 e. The van der Waals surface area contributed by atoms with Crippen LogP contribution in [0.2, 0.25) is 0 Å². The molecule has 0 unspecified atom stereocenters. The molecule has 4 N–H and O–H groups in total. The van der Waals surface area contributed by atoms with Gasteiger partial charge in [0.15, 0.2) is 0 Å². The van der Waals surface area contributed by atoms with Crippen molar-refractivity contribution in [3.63, 3.8) is 0 Å². The van der Waals surface area contributed by atoms with Crippen LogP contribution in [0.3, 0.4) is 0 Å². The first kappa shape index (κ1) is 16.2. The predicted octanol–water partition coefficient (Wildman–Crippen LogP) is 2.36. The molecule has 0 aromatic heterocycles. The molecular formula is C16H18N2O3S. The van der Waals surface area contributed by atoms with Gasteiger partial charge in [0, 0.05) is 11.3 Å². The summed E-state index contributed by atoms with van der Waals surface area (Å²) in [6, 6.07) is 9.71. The zero-order valence-electron chi connectivity index (χ0n) is 12.2. The number of rotatable bonds is 6. The van der Waals surface area contributed by atoms with E-state index in [0.717, 1.165) is 10.8 Å². The van der Waals surface area contributed by atoms with Gasteiger partial charge in [0.25, 0.3) is 5.91 Å². The molecule has 0 saturated carbocycles. The SMILES string of the molecule is CSCC[C@H](NC(=O)c1cccc2cc(N)ccc12)C(=O)O. The van der Waals surface area contributed by atoms with Crippen LogP contribution >= 0.6 is 11.8 Å². The molecule has 0 aliphatic heterocycles. The number of aliphatic carboxylic acids is 1. The molecule has 5 nitrogen and oxygen atoms in total. The van der Waals surface area contributed by atoms with Crippen molar-refractivity contribution < 1.29 is 14.7 Å². The lowest BCUT2D eigenvalue weighted by Crippen LogP contribution is -2.41. The Morgan fingerprint density at radius 2 is 2.09 bits per heavy atom. The highest BCUT2D eigenvalue weighted by Crippen LogP contribution is 2.21. The van der Waals surface area contributed by atoms with Crippen LogP contribution in [0.15, 0.2) is 36.4 Å². The Labute approximate surface area is 132 Å². The number of carbonyl (C=O) groups is 2. The minimum absolute atomic E-state index is 0.385. The van der Waals surface area contributed by atoms with E-state index >= 15 is 0 Å². The number of carboxylic acids is 1. The Balaban J connectivity index is 2.27. The molecular weight excluding hydrogens is 300 g/mol. The summed E-state index contributed by atoms with van der Waals surface area (Å²) in [7, 11) is 0. The molecule has 0 heterocycles. The van der Waals surface area contributed by atoms with E-state index in [9.17, 15) is 14.7 Å². The fourth-order valence-corrected chi connectivity index (χ4v) is 2.70. The minimum Gasteiger partial charge on any atom is -0.480 e. The standard InChI is InChI=1S/C16H18N2O3S/c1-22-8-7-14(16(20)21)18-15(19)13-4-2-3-10-9-11(17)5-6-12(10)13/h2-6,9,14H,7-8,17H2,1H3,(H,18,19)(H,20,21)/t14-/m0/s1. The lowest BCUT2D eigenvalue weighted by atomic mass is 10.0. The summed E-state index contributed by atoms with van der Waals surface area (Å²) in [5.41, 5.74) is 6.82. The van der Waals surface area contributed by atoms with Gasteiger partial charge in [0.1, 0.15) is 6.04 Å². The van der Waals surface area contributed by atoms with Gasteiger partial charge in [-0.25, -0.2) is 4.79 Å². The van der Waals surface area contributed by atoms with Crippen LogP contribution < -0.4 is 11.1 Å². The third kappa shape index (κ3) is 3.71. The van der Waals surface area contributed by atoms with Crippen LogP contribution in [0.25, 0.3) is 10.8 Å². The number of amides is 1.